The molecular weight excluding hydrogens is 274 g/mol. The second-order valence-electron chi connectivity index (χ2n) is 6.11. The highest BCUT2D eigenvalue weighted by molar-refractivity contribution is 5.75. The molecule has 7 nitrogen and oxygen atoms in total. The summed E-state index contributed by atoms with van der Waals surface area (Å²) in [7, 11) is 0. The molecule has 116 valence electrons. The van der Waals surface area contributed by atoms with E-state index < -0.39 is 15.3 Å². The maximum atomic E-state index is 11.3. The monoisotopic (exact) mass is 295 g/mol. The number of nitro groups is 2. The first-order valence-electron chi connectivity index (χ1n) is 6.81. The second kappa shape index (κ2) is 6.07. The van der Waals surface area contributed by atoms with Crippen LogP contribution in [0.15, 0.2) is 12.1 Å². The van der Waals surface area contributed by atoms with Gasteiger partial charge in [-0.15, -0.1) is 0 Å². The van der Waals surface area contributed by atoms with Gasteiger partial charge in [-0.2, -0.15) is 0 Å². The Morgan fingerprint density at radius 3 is 1.86 bits per heavy atom. The van der Waals surface area contributed by atoms with Crippen LogP contribution in [0.5, 0.6) is 0 Å². The molecule has 0 heterocycles. The molecule has 1 atom stereocenters. The molecule has 1 aromatic rings. The molecule has 0 bridgehead atoms. The summed E-state index contributed by atoms with van der Waals surface area (Å²) in [6.07, 6.45) is 0.704. The molecule has 21 heavy (non-hydrogen) atoms. The quantitative estimate of drug-likeness (QED) is 0.653. The molecule has 0 aliphatic rings. The summed E-state index contributed by atoms with van der Waals surface area (Å²) in [5.41, 5.74) is -0.378. The summed E-state index contributed by atoms with van der Waals surface area (Å²) in [4.78, 5) is 21.4. The fraction of sp³-hybridized carbons (Fsp3) is 0.571. The van der Waals surface area contributed by atoms with Gasteiger partial charge in [0.05, 0.1) is 9.85 Å². The summed E-state index contributed by atoms with van der Waals surface area (Å²) in [6, 6.07) is 2.73. The maximum Gasteiger partial charge on any atom is 0.299 e. The minimum atomic E-state index is -0.576. The average Bonchev–Trinajstić information content (AvgIpc) is 2.36. The maximum absolute atomic E-state index is 11.3. The molecule has 0 saturated heterocycles. The highest BCUT2D eigenvalue weighted by atomic mass is 16.6. The van der Waals surface area contributed by atoms with Crippen molar-refractivity contribution >= 4 is 17.1 Å². The molecule has 1 N–H and O–H groups in total. The van der Waals surface area contributed by atoms with Crippen LogP contribution >= 0.6 is 0 Å². The van der Waals surface area contributed by atoms with Gasteiger partial charge in [0, 0.05) is 18.2 Å². The van der Waals surface area contributed by atoms with Crippen molar-refractivity contribution in [1.82, 2.24) is 0 Å². The van der Waals surface area contributed by atoms with E-state index in [0.29, 0.717) is 12.0 Å². The molecule has 0 fully saturated rings. The molecule has 1 aromatic carbocycles. The Morgan fingerprint density at radius 1 is 1.14 bits per heavy atom. The van der Waals surface area contributed by atoms with E-state index in [2.05, 4.69) is 5.32 Å². The number of anilines is 1. The smallest absolute Gasteiger partial charge is 0.299 e. The van der Waals surface area contributed by atoms with E-state index in [-0.39, 0.29) is 23.1 Å². The SMILES string of the molecule is CC[C@H](C)Nc1c([N+](=O)[O-])cc(C(C)(C)C)cc1[N+](=O)[O-]. The highest BCUT2D eigenvalue weighted by Crippen LogP contribution is 2.39. The lowest BCUT2D eigenvalue weighted by Crippen LogP contribution is -2.18. The normalized spacial score (nSPS) is 12.8. The largest absolute Gasteiger partial charge is 0.371 e. The van der Waals surface area contributed by atoms with Crippen LogP contribution in [0.25, 0.3) is 0 Å². The molecule has 0 radical (unpaired) electrons. The first-order valence-corrected chi connectivity index (χ1v) is 6.81. The Hall–Kier alpha value is -2.18. The van der Waals surface area contributed by atoms with Crippen molar-refractivity contribution in [2.24, 2.45) is 0 Å². The zero-order chi connectivity index (χ0) is 16.4. The first kappa shape index (κ1) is 16.9. The fourth-order valence-electron chi connectivity index (χ4n) is 1.83. The van der Waals surface area contributed by atoms with Crippen molar-refractivity contribution in [3.8, 4) is 0 Å². The Kier molecular flexibility index (Phi) is 4.88. The predicted octanol–water partition coefficient (Wildman–Crippen LogP) is 4.01. The van der Waals surface area contributed by atoms with Crippen LogP contribution < -0.4 is 5.32 Å². The number of benzene rings is 1. The predicted molar refractivity (Wildman–Crippen MR) is 81.8 cm³/mol. The lowest BCUT2D eigenvalue weighted by atomic mass is 9.86. The molecule has 0 aromatic heterocycles. The van der Waals surface area contributed by atoms with Crippen molar-refractivity contribution in [2.45, 2.75) is 52.5 Å². The van der Waals surface area contributed by atoms with Crippen molar-refractivity contribution in [1.29, 1.82) is 0 Å². The van der Waals surface area contributed by atoms with Gasteiger partial charge >= 0.3 is 0 Å². The molecular formula is C14H21N3O4. The van der Waals surface area contributed by atoms with E-state index in [1.165, 1.54) is 12.1 Å². The van der Waals surface area contributed by atoms with Gasteiger partial charge in [0.15, 0.2) is 5.69 Å². The van der Waals surface area contributed by atoms with Crippen LogP contribution in [0.3, 0.4) is 0 Å². The van der Waals surface area contributed by atoms with E-state index in [9.17, 15) is 20.2 Å². The van der Waals surface area contributed by atoms with Gasteiger partial charge in [-0.1, -0.05) is 27.7 Å². The van der Waals surface area contributed by atoms with E-state index in [1.54, 1.807) is 0 Å². The lowest BCUT2D eigenvalue weighted by Gasteiger charge is -2.20. The summed E-state index contributed by atoms with van der Waals surface area (Å²) in [5, 5.41) is 25.5. The second-order valence-corrected chi connectivity index (χ2v) is 6.11. The summed E-state index contributed by atoms with van der Waals surface area (Å²) in [5.74, 6) is 0. The van der Waals surface area contributed by atoms with Gasteiger partial charge in [0.25, 0.3) is 11.4 Å². The molecule has 0 spiro atoms. The van der Waals surface area contributed by atoms with Gasteiger partial charge < -0.3 is 5.32 Å². The lowest BCUT2D eigenvalue weighted by molar-refractivity contribution is -0.392. The van der Waals surface area contributed by atoms with Crippen LogP contribution in [-0.2, 0) is 5.41 Å². The number of nitro benzene ring substituents is 2. The van der Waals surface area contributed by atoms with Crippen molar-refractivity contribution < 1.29 is 9.85 Å². The fourth-order valence-corrected chi connectivity index (χ4v) is 1.83. The summed E-state index contributed by atoms with van der Waals surface area (Å²) < 4.78 is 0. The van der Waals surface area contributed by atoms with E-state index in [4.69, 9.17) is 0 Å². The van der Waals surface area contributed by atoms with E-state index in [0.717, 1.165) is 0 Å². The van der Waals surface area contributed by atoms with E-state index in [1.807, 2.05) is 34.6 Å². The summed E-state index contributed by atoms with van der Waals surface area (Å²) >= 11 is 0. The Morgan fingerprint density at radius 2 is 1.57 bits per heavy atom. The average molecular weight is 295 g/mol. The van der Waals surface area contributed by atoms with Gasteiger partial charge in [-0.05, 0) is 24.3 Å². The van der Waals surface area contributed by atoms with Crippen LogP contribution in [0.4, 0.5) is 17.1 Å². The van der Waals surface area contributed by atoms with Crippen molar-refractivity contribution in [3.05, 3.63) is 37.9 Å². The van der Waals surface area contributed by atoms with Crippen molar-refractivity contribution in [2.75, 3.05) is 5.32 Å². The third-order valence-corrected chi connectivity index (χ3v) is 3.36. The van der Waals surface area contributed by atoms with Gasteiger partial charge in [0.1, 0.15) is 0 Å². The minimum Gasteiger partial charge on any atom is -0.371 e. The van der Waals surface area contributed by atoms with Gasteiger partial charge in [-0.3, -0.25) is 20.2 Å². The third-order valence-electron chi connectivity index (χ3n) is 3.36. The Bertz CT molecular complexity index is 529. The molecule has 0 aliphatic carbocycles. The minimum absolute atomic E-state index is 0.0210. The topological polar surface area (TPSA) is 98.3 Å². The molecule has 1 rings (SSSR count). The summed E-state index contributed by atoms with van der Waals surface area (Å²) in [6.45, 7) is 9.30. The van der Waals surface area contributed by atoms with Gasteiger partial charge in [0.2, 0.25) is 0 Å². The molecule has 7 heteroatoms. The molecule has 0 saturated carbocycles. The Balaban J connectivity index is 3.59. The standard InChI is InChI=1S/C14H21N3O4/c1-6-9(2)15-13-11(16(18)19)7-10(14(3,4)5)8-12(13)17(20)21/h7-9,15H,6H2,1-5H3/t9-/m0/s1. The van der Waals surface area contributed by atoms with Gasteiger partial charge in [-0.25, -0.2) is 0 Å². The molecule has 0 unspecified atom stereocenters. The Labute approximate surface area is 123 Å². The third kappa shape index (κ3) is 3.90. The number of nitrogens with zero attached hydrogens (tertiary/aromatic N) is 2. The first-order chi connectivity index (χ1) is 9.57. The number of rotatable bonds is 5. The van der Waals surface area contributed by atoms with Crippen molar-refractivity contribution in [3.63, 3.8) is 0 Å². The number of nitrogens with one attached hydrogen (secondary N) is 1. The number of hydrogen-bond donors (Lipinski definition) is 1. The number of hydrogen-bond acceptors (Lipinski definition) is 5. The molecule has 0 aliphatic heterocycles. The highest BCUT2D eigenvalue weighted by Gasteiger charge is 2.30. The van der Waals surface area contributed by atoms with Crippen LogP contribution in [-0.4, -0.2) is 15.9 Å². The zero-order valence-electron chi connectivity index (χ0n) is 13.0. The van der Waals surface area contributed by atoms with Crippen LogP contribution in [0.1, 0.15) is 46.6 Å². The van der Waals surface area contributed by atoms with E-state index >= 15 is 0 Å². The molecule has 0 amide bonds. The van der Waals surface area contributed by atoms with Crippen LogP contribution in [0.2, 0.25) is 0 Å². The van der Waals surface area contributed by atoms with Crippen LogP contribution in [0, 0.1) is 20.2 Å². The zero-order valence-corrected chi connectivity index (χ0v) is 13.0.